The first-order valence-electron chi connectivity index (χ1n) is 6.87. The predicted molar refractivity (Wildman–Crippen MR) is 71.5 cm³/mol. The molecule has 1 aromatic carbocycles. The lowest BCUT2D eigenvalue weighted by atomic mass is 10.0. The van der Waals surface area contributed by atoms with Crippen LogP contribution in [0.2, 0.25) is 0 Å². The van der Waals surface area contributed by atoms with Crippen molar-refractivity contribution in [3.8, 4) is 5.75 Å². The summed E-state index contributed by atoms with van der Waals surface area (Å²) in [5, 5.41) is 3.47. The van der Waals surface area contributed by atoms with Crippen molar-refractivity contribution >= 4 is 0 Å². The zero-order chi connectivity index (χ0) is 13.0. The summed E-state index contributed by atoms with van der Waals surface area (Å²) in [5.74, 6) is 0.687. The molecule has 0 aliphatic carbocycles. The Morgan fingerprint density at radius 1 is 1.50 bits per heavy atom. The number of halogens is 1. The van der Waals surface area contributed by atoms with Crippen molar-refractivity contribution in [3.05, 3.63) is 29.6 Å². The number of hydrogen-bond donors (Lipinski definition) is 1. The van der Waals surface area contributed by atoms with Crippen molar-refractivity contribution in [2.75, 3.05) is 6.54 Å². The van der Waals surface area contributed by atoms with Gasteiger partial charge in [0.15, 0.2) is 0 Å². The normalized spacial score (nSPS) is 19.4. The molecule has 1 aliphatic rings. The lowest BCUT2D eigenvalue weighted by molar-refractivity contribution is 0.212. The maximum atomic E-state index is 13.1. The highest BCUT2D eigenvalue weighted by Crippen LogP contribution is 2.31. The van der Waals surface area contributed by atoms with E-state index in [9.17, 15) is 4.39 Å². The molecule has 0 saturated heterocycles. The minimum Gasteiger partial charge on any atom is -0.490 e. The standard InChI is InChI=1S/C15H22FNO/c1-3-8-17-11(2)4-6-14-10-12-9-13(16)5-7-15(12)18-14/h5,7,9,11,14,17H,3-4,6,8,10H2,1-2H3. The molecular weight excluding hydrogens is 229 g/mol. The number of rotatable bonds is 6. The van der Waals surface area contributed by atoms with Gasteiger partial charge >= 0.3 is 0 Å². The van der Waals surface area contributed by atoms with E-state index in [1.807, 2.05) is 0 Å². The minimum atomic E-state index is -0.170. The molecule has 0 bridgehead atoms. The molecule has 0 fully saturated rings. The second-order valence-electron chi connectivity index (χ2n) is 5.13. The van der Waals surface area contributed by atoms with Gasteiger partial charge in [0, 0.05) is 18.0 Å². The summed E-state index contributed by atoms with van der Waals surface area (Å²) in [7, 11) is 0. The van der Waals surface area contributed by atoms with Gasteiger partial charge in [-0.05, 0) is 50.9 Å². The monoisotopic (exact) mass is 251 g/mol. The van der Waals surface area contributed by atoms with Gasteiger partial charge in [0.05, 0.1) is 0 Å². The van der Waals surface area contributed by atoms with E-state index in [1.54, 1.807) is 12.1 Å². The van der Waals surface area contributed by atoms with Gasteiger partial charge in [-0.15, -0.1) is 0 Å². The first-order valence-corrected chi connectivity index (χ1v) is 6.87. The van der Waals surface area contributed by atoms with Crippen LogP contribution in [0.4, 0.5) is 4.39 Å². The molecule has 0 amide bonds. The fourth-order valence-corrected chi connectivity index (χ4v) is 2.38. The van der Waals surface area contributed by atoms with Crippen LogP contribution in [0.5, 0.6) is 5.75 Å². The third-order valence-electron chi connectivity index (χ3n) is 3.43. The Bertz CT molecular complexity index is 394. The van der Waals surface area contributed by atoms with Crippen molar-refractivity contribution in [2.45, 2.75) is 51.7 Å². The summed E-state index contributed by atoms with van der Waals surface area (Å²) < 4.78 is 18.9. The van der Waals surface area contributed by atoms with E-state index < -0.39 is 0 Å². The van der Waals surface area contributed by atoms with Crippen molar-refractivity contribution in [2.24, 2.45) is 0 Å². The Morgan fingerprint density at radius 3 is 3.11 bits per heavy atom. The molecular formula is C15H22FNO. The van der Waals surface area contributed by atoms with Gasteiger partial charge in [-0.2, -0.15) is 0 Å². The number of nitrogens with one attached hydrogen (secondary N) is 1. The van der Waals surface area contributed by atoms with E-state index in [0.29, 0.717) is 6.04 Å². The molecule has 0 saturated carbocycles. The zero-order valence-electron chi connectivity index (χ0n) is 11.2. The summed E-state index contributed by atoms with van der Waals surface area (Å²) in [5.41, 5.74) is 1.01. The molecule has 0 radical (unpaired) electrons. The fourth-order valence-electron chi connectivity index (χ4n) is 2.38. The van der Waals surface area contributed by atoms with Crippen LogP contribution in [0.15, 0.2) is 18.2 Å². The second kappa shape index (κ2) is 6.19. The van der Waals surface area contributed by atoms with Gasteiger partial charge in [-0.25, -0.2) is 4.39 Å². The van der Waals surface area contributed by atoms with Crippen molar-refractivity contribution in [1.29, 1.82) is 0 Å². The van der Waals surface area contributed by atoms with Gasteiger partial charge in [0.2, 0.25) is 0 Å². The highest BCUT2D eigenvalue weighted by Gasteiger charge is 2.23. The molecule has 2 atom stereocenters. The molecule has 1 aliphatic heterocycles. The van der Waals surface area contributed by atoms with Gasteiger partial charge in [0.25, 0.3) is 0 Å². The quantitative estimate of drug-likeness (QED) is 0.837. The average Bonchev–Trinajstić information content (AvgIpc) is 2.75. The Morgan fingerprint density at radius 2 is 2.33 bits per heavy atom. The van der Waals surface area contributed by atoms with Crippen molar-refractivity contribution < 1.29 is 9.13 Å². The fraction of sp³-hybridized carbons (Fsp3) is 0.600. The van der Waals surface area contributed by atoms with Crippen LogP contribution in [-0.2, 0) is 6.42 Å². The van der Waals surface area contributed by atoms with E-state index in [0.717, 1.165) is 43.5 Å². The highest BCUT2D eigenvalue weighted by molar-refractivity contribution is 5.37. The Kier molecular flexibility index (Phi) is 4.59. The lowest BCUT2D eigenvalue weighted by Gasteiger charge is -2.16. The number of benzene rings is 1. The summed E-state index contributed by atoms with van der Waals surface area (Å²) in [6, 6.07) is 5.32. The summed E-state index contributed by atoms with van der Waals surface area (Å²) >= 11 is 0. The molecule has 18 heavy (non-hydrogen) atoms. The van der Waals surface area contributed by atoms with Gasteiger partial charge in [0.1, 0.15) is 17.7 Å². The zero-order valence-corrected chi connectivity index (χ0v) is 11.2. The molecule has 2 rings (SSSR count). The van der Waals surface area contributed by atoms with Gasteiger partial charge in [-0.1, -0.05) is 6.92 Å². The predicted octanol–water partition coefficient (Wildman–Crippen LogP) is 3.30. The molecule has 100 valence electrons. The van der Waals surface area contributed by atoms with Crippen molar-refractivity contribution in [1.82, 2.24) is 5.32 Å². The lowest BCUT2D eigenvalue weighted by Crippen LogP contribution is -2.28. The highest BCUT2D eigenvalue weighted by atomic mass is 19.1. The van der Waals surface area contributed by atoms with E-state index in [-0.39, 0.29) is 11.9 Å². The first kappa shape index (κ1) is 13.3. The maximum absolute atomic E-state index is 13.1. The average molecular weight is 251 g/mol. The SMILES string of the molecule is CCCNC(C)CCC1Cc2cc(F)ccc2O1. The van der Waals surface area contributed by atoms with Crippen LogP contribution in [-0.4, -0.2) is 18.7 Å². The molecule has 2 nitrogen and oxygen atoms in total. The Labute approximate surface area is 109 Å². The Hall–Kier alpha value is -1.09. The maximum Gasteiger partial charge on any atom is 0.123 e. The van der Waals surface area contributed by atoms with Gasteiger partial charge < -0.3 is 10.1 Å². The van der Waals surface area contributed by atoms with Crippen LogP contribution in [0.3, 0.4) is 0 Å². The molecule has 1 aromatic rings. The smallest absolute Gasteiger partial charge is 0.123 e. The molecule has 0 aromatic heterocycles. The summed E-state index contributed by atoms with van der Waals surface area (Å²) in [6.45, 7) is 5.44. The summed E-state index contributed by atoms with van der Waals surface area (Å²) in [4.78, 5) is 0. The van der Waals surface area contributed by atoms with Crippen LogP contribution in [0, 0.1) is 5.82 Å². The van der Waals surface area contributed by atoms with Crippen molar-refractivity contribution in [3.63, 3.8) is 0 Å². The third kappa shape index (κ3) is 3.45. The van der Waals surface area contributed by atoms with Crippen LogP contribution in [0.1, 0.15) is 38.7 Å². The van der Waals surface area contributed by atoms with E-state index in [2.05, 4.69) is 19.2 Å². The van der Waals surface area contributed by atoms with E-state index in [1.165, 1.54) is 6.07 Å². The van der Waals surface area contributed by atoms with Crippen LogP contribution in [0.25, 0.3) is 0 Å². The van der Waals surface area contributed by atoms with E-state index >= 15 is 0 Å². The molecule has 3 heteroatoms. The molecule has 1 N–H and O–H groups in total. The third-order valence-corrected chi connectivity index (χ3v) is 3.43. The van der Waals surface area contributed by atoms with Gasteiger partial charge in [-0.3, -0.25) is 0 Å². The van der Waals surface area contributed by atoms with E-state index in [4.69, 9.17) is 4.74 Å². The Balaban J connectivity index is 1.77. The van der Waals surface area contributed by atoms with Crippen LogP contribution < -0.4 is 10.1 Å². The number of ether oxygens (including phenoxy) is 1. The second-order valence-corrected chi connectivity index (χ2v) is 5.13. The minimum absolute atomic E-state index is 0.170. The molecule has 0 spiro atoms. The number of hydrogen-bond acceptors (Lipinski definition) is 2. The van der Waals surface area contributed by atoms with Crippen LogP contribution >= 0.6 is 0 Å². The largest absolute Gasteiger partial charge is 0.490 e. The number of fused-ring (bicyclic) bond motifs is 1. The molecule has 1 heterocycles. The summed E-state index contributed by atoms with van der Waals surface area (Å²) in [6.07, 6.45) is 4.34. The topological polar surface area (TPSA) is 21.3 Å². The first-order chi connectivity index (χ1) is 8.69. The molecule has 2 unspecified atom stereocenters.